The van der Waals surface area contributed by atoms with Crippen molar-refractivity contribution in [2.24, 2.45) is 5.92 Å². The minimum atomic E-state index is 0.745. The van der Waals surface area contributed by atoms with Crippen molar-refractivity contribution >= 4 is 32.1 Å². The molecule has 1 nitrogen and oxygen atoms in total. The van der Waals surface area contributed by atoms with Crippen LogP contribution in [0.2, 0.25) is 0 Å². The molecule has 0 unspecified atom stereocenters. The number of nitrogens with zero attached hydrogens (tertiary/aromatic N) is 1. The van der Waals surface area contributed by atoms with Crippen LogP contribution >= 0.6 is 32.1 Å². The average Bonchev–Trinajstić information content (AvgIpc) is 1.82. The van der Waals surface area contributed by atoms with Gasteiger partial charge in [-0.15, -0.1) is 0 Å². The van der Waals surface area contributed by atoms with Crippen LogP contribution in [0.15, 0.2) is 0 Å². The number of hydrogen-bond acceptors (Lipinski definition) is 1. The maximum Gasteiger partial charge on any atom is 0.0120 e. The van der Waals surface area contributed by atoms with Gasteiger partial charge in [-0.05, 0) is 12.3 Å². The van der Waals surface area contributed by atoms with Gasteiger partial charge < -0.3 is 0 Å². The van der Waals surface area contributed by atoms with Gasteiger partial charge in [-0.1, -0.05) is 29.8 Å². The molecule has 62 valence electrons. The highest BCUT2D eigenvalue weighted by Gasteiger charge is 2.01. The van der Waals surface area contributed by atoms with Crippen LogP contribution in [0.5, 0.6) is 0 Å². The summed E-state index contributed by atoms with van der Waals surface area (Å²) in [4.78, 5) is 0. The topological polar surface area (TPSA) is 3.24 Å². The largest absolute Gasteiger partial charge is 0.242 e. The smallest absolute Gasteiger partial charge is 0.0120 e. The molecule has 0 spiro atoms. The van der Waals surface area contributed by atoms with E-state index in [9.17, 15) is 0 Å². The van der Waals surface area contributed by atoms with E-state index in [1.807, 2.05) is 0 Å². The number of rotatable bonds is 5. The average molecular weight is 273 g/mol. The maximum atomic E-state index is 3.49. The lowest BCUT2D eigenvalue weighted by atomic mass is 10.2. The van der Waals surface area contributed by atoms with Gasteiger partial charge in [-0.25, -0.2) is 3.93 Å². The predicted octanol–water partition coefficient (Wildman–Crippen LogP) is 3.04. The zero-order valence-corrected chi connectivity index (χ0v) is 9.78. The molecule has 0 bridgehead atoms. The molecule has 0 aliphatic heterocycles. The van der Waals surface area contributed by atoms with E-state index in [-0.39, 0.29) is 0 Å². The van der Waals surface area contributed by atoms with Gasteiger partial charge in [-0.2, -0.15) is 0 Å². The van der Waals surface area contributed by atoms with Gasteiger partial charge in [0.1, 0.15) is 0 Å². The van der Waals surface area contributed by atoms with Crippen LogP contribution in [0, 0.1) is 5.92 Å². The van der Waals surface area contributed by atoms with E-state index >= 15 is 0 Å². The summed E-state index contributed by atoms with van der Waals surface area (Å²) in [5.41, 5.74) is 0. The minimum Gasteiger partial charge on any atom is -0.242 e. The van der Waals surface area contributed by atoms with Gasteiger partial charge in [0.15, 0.2) is 0 Å². The van der Waals surface area contributed by atoms with E-state index in [4.69, 9.17) is 0 Å². The zero-order chi connectivity index (χ0) is 7.98. The van der Waals surface area contributed by atoms with Crippen molar-refractivity contribution in [3.8, 4) is 0 Å². The first kappa shape index (κ1) is 10.9. The van der Waals surface area contributed by atoms with Crippen molar-refractivity contribution in [3.05, 3.63) is 0 Å². The summed E-state index contributed by atoms with van der Waals surface area (Å²) in [6, 6.07) is 0. The van der Waals surface area contributed by atoms with Crippen molar-refractivity contribution in [1.82, 2.24) is 3.93 Å². The van der Waals surface area contributed by atoms with Crippen molar-refractivity contribution in [2.75, 3.05) is 18.4 Å². The Morgan fingerprint density at radius 3 is 2.40 bits per heavy atom. The second kappa shape index (κ2) is 6.62. The highest BCUT2D eigenvalue weighted by molar-refractivity contribution is 9.09. The lowest BCUT2D eigenvalue weighted by Gasteiger charge is -2.15. The summed E-state index contributed by atoms with van der Waals surface area (Å²) < 4.78 is 2.19. The van der Waals surface area contributed by atoms with Crippen molar-refractivity contribution in [3.63, 3.8) is 0 Å². The van der Waals surface area contributed by atoms with Crippen LogP contribution in [-0.4, -0.2) is 22.3 Å². The predicted molar refractivity (Wildman–Crippen MR) is 53.7 cm³/mol. The summed E-state index contributed by atoms with van der Waals surface area (Å²) in [5, 5.41) is 1.09. The second-order valence-corrected chi connectivity index (χ2v) is 4.60. The summed E-state index contributed by atoms with van der Waals surface area (Å²) >= 11 is 6.89. The van der Waals surface area contributed by atoms with Gasteiger partial charge >= 0.3 is 0 Å². The molecule has 0 aliphatic carbocycles. The number of alkyl halides is 1. The normalized spacial score (nSPS) is 11.4. The zero-order valence-electron chi connectivity index (χ0n) is 6.61. The molecule has 0 heterocycles. The molecule has 0 fully saturated rings. The quantitative estimate of drug-likeness (QED) is 0.549. The third-order valence-electron chi connectivity index (χ3n) is 1.10. The molecule has 0 radical (unpaired) electrons. The Hall–Kier alpha value is 0.920. The van der Waals surface area contributed by atoms with Crippen LogP contribution in [0.4, 0.5) is 0 Å². The van der Waals surface area contributed by atoms with Crippen LogP contribution in [-0.2, 0) is 0 Å². The Morgan fingerprint density at radius 1 is 1.40 bits per heavy atom. The van der Waals surface area contributed by atoms with Crippen LogP contribution in [0.25, 0.3) is 0 Å². The minimum absolute atomic E-state index is 0.745. The van der Waals surface area contributed by atoms with E-state index in [1.54, 1.807) is 0 Å². The Morgan fingerprint density at radius 2 is 2.00 bits per heavy atom. The summed E-state index contributed by atoms with van der Waals surface area (Å²) in [6.45, 7) is 6.71. The molecular formula is C7H15Br2N. The molecule has 0 N–H and O–H groups in total. The van der Waals surface area contributed by atoms with E-state index in [0.29, 0.717) is 0 Å². The molecule has 3 heteroatoms. The molecule has 0 aliphatic rings. The highest BCUT2D eigenvalue weighted by atomic mass is 79.9. The fraction of sp³-hybridized carbons (Fsp3) is 1.00. The van der Waals surface area contributed by atoms with Crippen LogP contribution in [0.3, 0.4) is 0 Å². The molecule has 0 saturated carbocycles. The molecule has 0 saturated heterocycles. The van der Waals surface area contributed by atoms with E-state index in [1.165, 1.54) is 6.42 Å². The third-order valence-corrected chi connectivity index (χ3v) is 2.30. The molecule has 0 rings (SSSR count). The van der Waals surface area contributed by atoms with Crippen molar-refractivity contribution < 1.29 is 0 Å². The summed E-state index contributed by atoms with van der Waals surface area (Å²) in [7, 11) is 0. The van der Waals surface area contributed by atoms with E-state index in [2.05, 4.69) is 49.9 Å². The molecule has 0 aromatic rings. The summed E-state index contributed by atoms with van der Waals surface area (Å²) in [5.74, 6) is 0.745. The molecular weight excluding hydrogens is 258 g/mol. The molecule has 0 aromatic heterocycles. The third kappa shape index (κ3) is 7.03. The van der Waals surface area contributed by atoms with Gasteiger partial charge in [0.2, 0.25) is 0 Å². The Balaban J connectivity index is 3.16. The lowest BCUT2D eigenvalue weighted by molar-refractivity contribution is 0.420. The Kier molecular flexibility index (Phi) is 7.23. The molecule has 10 heavy (non-hydrogen) atoms. The highest BCUT2D eigenvalue weighted by Crippen LogP contribution is 2.05. The van der Waals surface area contributed by atoms with Crippen molar-refractivity contribution in [1.29, 1.82) is 0 Å². The van der Waals surface area contributed by atoms with Gasteiger partial charge in [0.05, 0.1) is 0 Å². The molecule has 0 atom stereocenters. The van der Waals surface area contributed by atoms with Crippen LogP contribution in [0.1, 0.15) is 20.3 Å². The summed E-state index contributed by atoms with van der Waals surface area (Å²) in [6.07, 6.45) is 1.21. The first-order chi connectivity index (χ1) is 4.66. The fourth-order valence-corrected chi connectivity index (χ4v) is 1.80. The van der Waals surface area contributed by atoms with E-state index in [0.717, 1.165) is 24.3 Å². The monoisotopic (exact) mass is 271 g/mol. The lowest BCUT2D eigenvalue weighted by Crippen LogP contribution is -2.18. The van der Waals surface area contributed by atoms with Crippen LogP contribution < -0.4 is 0 Å². The van der Waals surface area contributed by atoms with Gasteiger partial charge in [0.25, 0.3) is 0 Å². The fourth-order valence-electron chi connectivity index (χ4n) is 0.719. The Labute approximate surface area is 80.6 Å². The first-order valence-electron chi connectivity index (χ1n) is 3.63. The first-order valence-corrected chi connectivity index (χ1v) is 5.46. The second-order valence-electron chi connectivity index (χ2n) is 2.81. The van der Waals surface area contributed by atoms with E-state index < -0.39 is 0 Å². The maximum absolute atomic E-state index is 3.49. The molecule has 0 amide bonds. The Bertz CT molecular complexity index is 76.0. The van der Waals surface area contributed by atoms with Gasteiger partial charge in [-0.3, -0.25) is 0 Å². The number of halogens is 2. The number of hydrogen-bond donors (Lipinski definition) is 0. The standard InChI is InChI=1S/C7H15Br2N/c1-7(2)6-10(9)5-3-4-8/h7H,3-6H2,1-2H3. The van der Waals surface area contributed by atoms with Gasteiger partial charge in [0, 0.05) is 34.6 Å². The van der Waals surface area contributed by atoms with Crippen molar-refractivity contribution in [2.45, 2.75) is 20.3 Å². The SMILES string of the molecule is CC(C)CN(Br)CCCBr. The molecule has 0 aromatic carbocycles.